The minimum absolute atomic E-state index is 0.0739. The first-order chi connectivity index (χ1) is 16.9. The molecule has 0 spiro atoms. The number of carbonyl (C=O) groups is 2. The van der Waals surface area contributed by atoms with Gasteiger partial charge in [0.2, 0.25) is 0 Å². The van der Waals surface area contributed by atoms with Crippen LogP contribution in [-0.2, 0) is 0 Å². The van der Waals surface area contributed by atoms with Gasteiger partial charge in [0.05, 0.1) is 16.9 Å². The molecule has 35 heavy (non-hydrogen) atoms. The Kier molecular flexibility index (Phi) is 6.97. The highest BCUT2D eigenvalue weighted by Crippen LogP contribution is 2.28. The number of benzene rings is 3. The van der Waals surface area contributed by atoms with Crippen LogP contribution >= 0.6 is 0 Å². The average Bonchev–Trinajstić information content (AvgIpc) is 2.85. The molecule has 1 aromatic heterocycles. The van der Waals surface area contributed by atoms with E-state index in [1.54, 1.807) is 67.0 Å². The summed E-state index contributed by atoms with van der Waals surface area (Å²) in [5, 5.41) is 15.6. The Bertz CT molecular complexity index is 1380. The number of pyridine rings is 1. The van der Waals surface area contributed by atoms with Crippen LogP contribution in [0.15, 0.2) is 102 Å². The minimum atomic E-state index is -0.531. The van der Waals surface area contributed by atoms with Crippen molar-refractivity contribution in [1.82, 2.24) is 0 Å². The molecular formula is C28H24N4O3. The average molecular weight is 465 g/mol. The summed E-state index contributed by atoms with van der Waals surface area (Å²) in [4.78, 5) is 30.4. The van der Waals surface area contributed by atoms with Gasteiger partial charge in [-0.15, -0.1) is 5.43 Å². The molecule has 1 heterocycles. The summed E-state index contributed by atoms with van der Waals surface area (Å²) in [5.41, 5.74) is 6.07. The van der Waals surface area contributed by atoms with Gasteiger partial charge in [-0.2, -0.15) is 0 Å². The fraction of sp³-hybridized carbons (Fsp3) is 0.0714. The molecule has 2 N–H and O–H groups in total. The molecule has 0 aliphatic rings. The number of rotatable bonds is 6. The molecule has 4 rings (SSSR count). The fourth-order valence-corrected chi connectivity index (χ4v) is 3.39. The van der Waals surface area contributed by atoms with E-state index in [0.29, 0.717) is 11.1 Å². The molecule has 0 saturated heterocycles. The molecule has 7 nitrogen and oxygen atoms in total. The maximum absolute atomic E-state index is 13.3. The lowest BCUT2D eigenvalue weighted by atomic mass is 10.1. The van der Waals surface area contributed by atoms with Gasteiger partial charge in [0.15, 0.2) is 12.4 Å². The topological polar surface area (TPSA) is 97.5 Å². The molecule has 0 aliphatic carbocycles. The molecule has 0 atom stereocenters. The molecule has 3 aromatic carbocycles. The van der Waals surface area contributed by atoms with Crippen molar-refractivity contribution in [1.29, 1.82) is 0 Å². The number of amides is 2. The Balaban J connectivity index is 1.74. The Morgan fingerprint density at radius 2 is 1.34 bits per heavy atom. The van der Waals surface area contributed by atoms with Crippen molar-refractivity contribution >= 4 is 29.1 Å². The number of aryl methyl sites for hydroxylation is 2. The molecule has 0 saturated carbocycles. The van der Waals surface area contributed by atoms with E-state index in [4.69, 9.17) is 0 Å². The lowest BCUT2D eigenvalue weighted by Gasteiger charge is -2.15. The molecule has 7 heteroatoms. The first-order valence-corrected chi connectivity index (χ1v) is 11.0. The van der Waals surface area contributed by atoms with E-state index in [-0.39, 0.29) is 22.8 Å². The number of carbonyl (C=O) groups excluding carboxylic acids is 2. The second-order valence-electron chi connectivity index (χ2n) is 8.03. The van der Waals surface area contributed by atoms with Crippen molar-refractivity contribution in [2.24, 2.45) is 4.99 Å². The van der Waals surface area contributed by atoms with Crippen LogP contribution in [0.2, 0.25) is 0 Å². The summed E-state index contributed by atoms with van der Waals surface area (Å²) >= 11 is 0. The van der Waals surface area contributed by atoms with Gasteiger partial charge in [-0.25, -0.2) is 0 Å². The van der Waals surface area contributed by atoms with E-state index >= 15 is 0 Å². The van der Waals surface area contributed by atoms with Gasteiger partial charge in [-0.05, 0) is 49.6 Å². The fourth-order valence-electron chi connectivity index (χ4n) is 3.39. The highest BCUT2D eigenvalue weighted by molar-refractivity contribution is 6.13. The summed E-state index contributed by atoms with van der Waals surface area (Å²) in [5.74, 6) is -1.40. The third-order valence-corrected chi connectivity index (χ3v) is 5.30. The van der Waals surface area contributed by atoms with Crippen molar-refractivity contribution < 1.29 is 19.4 Å². The van der Waals surface area contributed by atoms with Crippen LogP contribution in [0, 0.1) is 13.8 Å². The summed E-state index contributed by atoms with van der Waals surface area (Å²) in [7, 11) is 0. The quantitative estimate of drug-likeness (QED) is 0.259. The van der Waals surface area contributed by atoms with E-state index in [1.165, 1.54) is 4.68 Å². The Morgan fingerprint density at radius 3 is 1.97 bits per heavy atom. The zero-order valence-electron chi connectivity index (χ0n) is 19.4. The molecule has 2 amide bonds. The van der Waals surface area contributed by atoms with E-state index in [1.807, 2.05) is 44.2 Å². The number of aromatic nitrogens is 1. The molecule has 4 aromatic rings. The van der Waals surface area contributed by atoms with Crippen molar-refractivity contribution in [2.45, 2.75) is 13.8 Å². The van der Waals surface area contributed by atoms with Crippen LogP contribution in [0.25, 0.3) is 0 Å². The number of aliphatic imine (C=N–C) groups is 1. The molecule has 0 fully saturated rings. The zero-order chi connectivity index (χ0) is 24.8. The third-order valence-electron chi connectivity index (χ3n) is 5.30. The molecular weight excluding hydrogens is 440 g/mol. The Hall–Kier alpha value is -4.78. The largest absolute Gasteiger partial charge is 0.858 e. The number of anilines is 1. The second-order valence-corrected chi connectivity index (χ2v) is 8.03. The summed E-state index contributed by atoms with van der Waals surface area (Å²) in [6, 6.07) is 24.2. The smallest absolute Gasteiger partial charge is 0.309 e. The molecule has 174 valence electrons. The van der Waals surface area contributed by atoms with Crippen LogP contribution < -0.4 is 20.5 Å². The van der Waals surface area contributed by atoms with Crippen molar-refractivity contribution in [2.75, 3.05) is 10.7 Å². The molecule has 0 radical (unpaired) electrons. The van der Waals surface area contributed by atoms with Crippen LogP contribution in [0.4, 0.5) is 11.4 Å². The van der Waals surface area contributed by atoms with Gasteiger partial charge < -0.3 is 10.4 Å². The normalized spacial score (nSPS) is 11.1. The standard InChI is InChI=1S/C28H24N4O3/c1-19-9-13-21(14-10-19)26(33)29-23-7-6-8-24(30-27(34)22-15-11-20(2)12-16-22)25(23)28(35)31-32-17-4-3-5-18-32/h3-18H,1-2H3,(H2-,29,30,31,33,34,35). The summed E-state index contributed by atoms with van der Waals surface area (Å²) in [6.07, 6.45) is 3.33. The maximum Gasteiger partial charge on any atom is 0.309 e. The SMILES string of the molecule is Cc1ccc(C(=O)Nc2cccc(N=C([O-])c3ccc(C)cc3)c2C(=O)N[n+]2ccccc2)cc1. The first-order valence-electron chi connectivity index (χ1n) is 11.0. The molecule has 0 unspecified atom stereocenters. The van der Waals surface area contributed by atoms with Gasteiger partial charge in [-0.3, -0.25) is 14.6 Å². The maximum atomic E-state index is 13.3. The van der Waals surface area contributed by atoms with Crippen LogP contribution in [0.1, 0.15) is 37.4 Å². The van der Waals surface area contributed by atoms with E-state index < -0.39 is 11.8 Å². The number of hydrogen-bond donors (Lipinski definition) is 2. The Morgan fingerprint density at radius 1 is 0.743 bits per heavy atom. The Labute approximate surface area is 203 Å². The van der Waals surface area contributed by atoms with Crippen LogP contribution in [0.3, 0.4) is 0 Å². The highest BCUT2D eigenvalue weighted by atomic mass is 16.3. The lowest BCUT2D eigenvalue weighted by molar-refractivity contribution is -0.641. The van der Waals surface area contributed by atoms with Crippen LogP contribution in [0.5, 0.6) is 0 Å². The number of nitrogens with zero attached hydrogens (tertiary/aromatic N) is 2. The van der Waals surface area contributed by atoms with Crippen molar-refractivity contribution in [3.05, 3.63) is 125 Å². The van der Waals surface area contributed by atoms with Gasteiger partial charge in [0.1, 0.15) is 0 Å². The van der Waals surface area contributed by atoms with Crippen LogP contribution in [-0.4, -0.2) is 17.7 Å². The van der Waals surface area contributed by atoms with Crippen molar-refractivity contribution in [3.8, 4) is 0 Å². The van der Waals surface area contributed by atoms with E-state index in [9.17, 15) is 14.7 Å². The monoisotopic (exact) mass is 464 g/mol. The highest BCUT2D eigenvalue weighted by Gasteiger charge is 2.21. The third kappa shape index (κ3) is 5.78. The summed E-state index contributed by atoms with van der Waals surface area (Å²) in [6.45, 7) is 3.86. The predicted molar refractivity (Wildman–Crippen MR) is 133 cm³/mol. The van der Waals surface area contributed by atoms with Gasteiger partial charge in [0.25, 0.3) is 5.91 Å². The van der Waals surface area contributed by atoms with Gasteiger partial charge >= 0.3 is 5.91 Å². The first kappa shape index (κ1) is 23.4. The predicted octanol–water partition coefficient (Wildman–Crippen LogP) is 3.67. The zero-order valence-corrected chi connectivity index (χ0v) is 19.4. The lowest BCUT2D eigenvalue weighted by Crippen LogP contribution is -2.47. The minimum Gasteiger partial charge on any atom is -0.858 e. The second kappa shape index (κ2) is 10.4. The molecule has 0 aliphatic heterocycles. The number of hydrogen-bond acceptors (Lipinski definition) is 4. The van der Waals surface area contributed by atoms with Crippen molar-refractivity contribution in [3.63, 3.8) is 0 Å². The molecule has 0 bridgehead atoms. The van der Waals surface area contributed by atoms with Gasteiger partial charge in [0, 0.05) is 17.7 Å². The summed E-state index contributed by atoms with van der Waals surface area (Å²) < 4.78 is 1.48. The number of nitrogens with one attached hydrogen (secondary N) is 2. The van der Waals surface area contributed by atoms with E-state index in [0.717, 1.165) is 11.1 Å². The van der Waals surface area contributed by atoms with Gasteiger partial charge in [-0.1, -0.05) is 64.3 Å². The van der Waals surface area contributed by atoms with E-state index in [2.05, 4.69) is 15.7 Å².